The van der Waals surface area contributed by atoms with Crippen LogP contribution in [0.2, 0.25) is 0 Å². The second-order valence-corrected chi connectivity index (χ2v) is 8.52. The van der Waals surface area contributed by atoms with Crippen LogP contribution in [0.4, 0.5) is 5.69 Å². The van der Waals surface area contributed by atoms with Gasteiger partial charge in [0.1, 0.15) is 7.05 Å². The minimum absolute atomic E-state index is 0. The van der Waals surface area contributed by atoms with Crippen molar-refractivity contribution in [3.8, 4) is 0 Å². The summed E-state index contributed by atoms with van der Waals surface area (Å²) in [6.07, 6.45) is 4.77. The molecule has 0 fully saturated rings. The second-order valence-electron chi connectivity index (χ2n) is 8.52. The minimum atomic E-state index is -0.181. The molecule has 0 saturated heterocycles. The zero-order valence-electron chi connectivity index (χ0n) is 17.2. The fourth-order valence-corrected chi connectivity index (χ4v) is 5.95. The molecule has 1 aromatic heterocycles. The third kappa shape index (κ3) is 2.31. The Morgan fingerprint density at radius 3 is 2.37 bits per heavy atom. The van der Waals surface area contributed by atoms with E-state index in [0.717, 1.165) is 0 Å². The van der Waals surface area contributed by atoms with Crippen LogP contribution >= 0.6 is 0 Å². The Bertz CT molecular complexity index is 1320. The molecule has 152 valence electrons. The molecule has 30 heavy (non-hydrogen) atoms. The number of hydrogen-bond donors (Lipinski definition) is 0. The van der Waals surface area contributed by atoms with E-state index in [1.807, 2.05) is 0 Å². The molecule has 0 radical (unpaired) electrons. The van der Waals surface area contributed by atoms with Crippen molar-refractivity contribution in [1.29, 1.82) is 0 Å². The molecule has 1 spiro atoms. The van der Waals surface area contributed by atoms with Gasteiger partial charge >= 0.3 is 0 Å². The van der Waals surface area contributed by atoms with Crippen molar-refractivity contribution >= 4 is 22.8 Å². The summed E-state index contributed by atoms with van der Waals surface area (Å²) in [6, 6.07) is 26.5. The van der Waals surface area contributed by atoms with Gasteiger partial charge in [-0.2, -0.15) is 0 Å². The topological polar surface area (TPSA) is 7.94 Å². The molecular weight excluding hydrogens is 459 g/mol. The molecule has 0 saturated carbocycles. The Balaban J connectivity index is 0.00000193. The van der Waals surface area contributed by atoms with Crippen molar-refractivity contribution in [3.05, 3.63) is 108 Å². The van der Waals surface area contributed by atoms with Crippen LogP contribution in [0.5, 0.6) is 0 Å². The Hall–Kier alpha value is -2.47. The van der Waals surface area contributed by atoms with Crippen molar-refractivity contribution in [2.75, 3.05) is 7.05 Å². The van der Waals surface area contributed by atoms with Crippen LogP contribution < -0.4 is 0 Å². The van der Waals surface area contributed by atoms with Gasteiger partial charge in [0.25, 0.3) is 0 Å². The zero-order chi connectivity index (χ0) is 19.8. The number of para-hydroxylation sites is 2. The van der Waals surface area contributed by atoms with Crippen LogP contribution in [-0.2, 0) is 32.9 Å². The molecule has 2 aliphatic rings. The van der Waals surface area contributed by atoms with Crippen molar-refractivity contribution in [3.63, 3.8) is 0 Å². The first-order chi connectivity index (χ1) is 14.1. The van der Waals surface area contributed by atoms with Gasteiger partial charge in [-0.05, 0) is 17.2 Å². The smallest absolute Gasteiger partial charge is 0.208 e. The summed E-state index contributed by atoms with van der Waals surface area (Å²) in [4.78, 5) is 0. The SMILES string of the molecule is [CH2-]C1c2ccccc2C(c2cn(C)c3ccccc23)C12C=[N+](C)c1ccccc12.[Pd]. The fraction of sp³-hybridized carbons (Fsp3) is 0.185. The van der Waals surface area contributed by atoms with E-state index in [9.17, 15) is 0 Å². The van der Waals surface area contributed by atoms with Gasteiger partial charge in [-0.1, -0.05) is 66.2 Å². The molecule has 3 unspecified atom stereocenters. The number of benzene rings is 3. The number of fused-ring (bicyclic) bond motifs is 4. The summed E-state index contributed by atoms with van der Waals surface area (Å²) < 4.78 is 4.57. The maximum Gasteiger partial charge on any atom is 0.208 e. The molecule has 1 aliphatic heterocycles. The number of hydrogen-bond acceptors (Lipinski definition) is 0. The van der Waals surface area contributed by atoms with Crippen LogP contribution in [0.25, 0.3) is 10.9 Å². The van der Waals surface area contributed by atoms with Gasteiger partial charge in [-0.3, -0.25) is 0 Å². The summed E-state index contributed by atoms with van der Waals surface area (Å²) in [5, 5.41) is 1.34. The van der Waals surface area contributed by atoms with E-state index >= 15 is 0 Å². The molecule has 0 N–H and O–H groups in total. The van der Waals surface area contributed by atoms with Gasteiger partial charge < -0.3 is 11.5 Å². The third-order valence-electron chi connectivity index (χ3n) is 7.13. The van der Waals surface area contributed by atoms with Gasteiger partial charge in [0.2, 0.25) is 5.69 Å². The van der Waals surface area contributed by atoms with E-state index in [0.29, 0.717) is 0 Å². The largest absolute Gasteiger partial charge is 0.350 e. The first-order valence-electron chi connectivity index (χ1n) is 10.3. The van der Waals surface area contributed by atoms with Crippen molar-refractivity contribution in [2.24, 2.45) is 7.05 Å². The van der Waals surface area contributed by atoms with Crippen molar-refractivity contribution < 1.29 is 25.0 Å². The Morgan fingerprint density at radius 1 is 0.867 bits per heavy atom. The van der Waals surface area contributed by atoms with Gasteiger partial charge in [-0.15, -0.1) is 5.92 Å². The maximum absolute atomic E-state index is 4.75. The van der Waals surface area contributed by atoms with Gasteiger partial charge in [-0.25, -0.2) is 4.58 Å². The Morgan fingerprint density at radius 2 is 1.53 bits per heavy atom. The van der Waals surface area contributed by atoms with Crippen LogP contribution in [0, 0.1) is 6.92 Å². The van der Waals surface area contributed by atoms with Crippen molar-refractivity contribution in [2.45, 2.75) is 17.3 Å². The van der Waals surface area contributed by atoms with Crippen LogP contribution in [0.3, 0.4) is 0 Å². The van der Waals surface area contributed by atoms with E-state index in [2.05, 4.69) is 108 Å². The molecule has 3 atom stereocenters. The number of nitrogens with zero attached hydrogens (tertiary/aromatic N) is 2. The Labute approximate surface area is 191 Å². The quantitative estimate of drug-likeness (QED) is 0.191. The zero-order valence-corrected chi connectivity index (χ0v) is 18.7. The number of aryl methyl sites for hydroxylation is 1. The van der Waals surface area contributed by atoms with Crippen LogP contribution in [-0.4, -0.2) is 22.4 Å². The Kier molecular flexibility index (Phi) is 4.40. The second kappa shape index (κ2) is 6.77. The van der Waals surface area contributed by atoms with Crippen LogP contribution in [0.15, 0.2) is 79.0 Å². The summed E-state index contributed by atoms with van der Waals surface area (Å²) in [5.41, 5.74) is 7.94. The van der Waals surface area contributed by atoms with E-state index in [4.69, 9.17) is 6.92 Å². The first-order valence-corrected chi connectivity index (χ1v) is 10.3. The van der Waals surface area contributed by atoms with E-state index < -0.39 is 0 Å². The maximum atomic E-state index is 4.75. The first kappa shape index (κ1) is 19.5. The normalized spacial score (nSPS) is 23.9. The number of aromatic nitrogens is 1. The average Bonchev–Trinajstić information content (AvgIpc) is 3.33. The summed E-state index contributed by atoms with van der Waals surface area (Å²) in [6.45, 7) is 4.75. The molecule has 0 bridgehead atoms. The third-order valence-corrected chi connectivity index (χ3v) is 7.13. The summed E-state index contributed by atoms with van der Waals surface area (Å²) in [7, 11) is 4.32. The average molecular weight is 483 g/mol. The molecule has 0 amide bonds. The van der Waals surface area contributed by atoms with Crippen LogP contribution in [0.1, 0.15) is 34.1 Å². The standard InChI is InChI=1S/C27H24N2.Pd/c1-18-19-10-4-5-12-21(19)26(22-16-28(2)24-14-8-6-11-20(22)24)27(18)17-29(3)25-15-9-7-13-23(25)27;/h4-18,26H,1H2,2-3H3;. The molecule has 2 nitrogen and oxygen atoms in total. The molecule has 2 heterocycles. The molecule has 3 heteroatoms. The predicted molar refractivity (Wildman–Crippen MR) is 119 cm³/mol. The van der Waals surface area contributed by atoms with E-state index in [-0.39, 0.29) is 37.7 Å². The molecular formula is C27H24N2Pd. The molecule has 6 rings (SSSR count). The number of rotatable bonds is 1. The summed E-state index contributed by atoms with van der Waals surface area (Å²) in [5.74, 6) is 0.396. The summed E-state index contributed by atoms with van der Waals surface area (Å²) >= 11 is 0. The fourth-order valence-electron chi connectivity index (χ4n) is 5.95. The monoisotopic (exact) mass is 482 g/mol. The minimum Gasteiger partial charge on any atom is -0.350 e. The molecule has 3 aromatic carbocycles. The van der Waals surface area contributed by atoms with Crippen molar-refractivity contribution in [1.82, 2.24) is 4.57 Å². The van der Waals surface area contributed by atoms with Gasteiger partial charge in [0.15, 0.2) is 6.21 Å². The predicted octanol–water partition coefficient (Wildman–Crippen LogP) is 5.54. The van der Waals surface area contributed by atoms with Gasteiger partial charge in [0.05, 0.1) is 5.41 Å². The van der Waals surface area contributed by atoms with E-state index in [1.165, 1.54) is 38.8 Å². The molecule has 1 aliphatic carbocycles. The molecule has 4 aromatic rings. The van der Waals surface area contributed by atoms with E-state index in [1.54, 1.807) is 0 Å². The van der Waals surface area contributed by atoms with Gasteiger partial charge in [0, 0.05) is 62.1 Å².